The van der Waals surface area contributed by atoms with Gasteiger partial charge in [0.15, 0.2) is 6.29 Å². The van der Waals surface area contributed by atoms with E-state index in [4.69, 9.17) is 9.57 Å². The number of allylic oxidation sites excluding steroid dienone is 2. The third-order valence-corrected chi connectivity index (χ3v) is 7.15. The van der Waals surface area contributed by atoms with Crippen LogP contribution in [0.1, 0.15) is 78.1 Å². The summed E-state index contributed by atoms with van der Waals surface area (Å²) in [6.45, 7) is 5.90. The lowest BCUT2D eigenvalue weighted by atomic mass is 9.94. The Hall–Kier alpha value is -1.58. The minimum Gasteiger partial charge on any atom is -0.350 e. The van der Waals surface area contributed by atoms with Crippen molar-refractivity contribution in [2.45, 2.75) is 90.4 Å². The summed E-state index contributed by atoms with van der Waals surface area (Å²) in [4.78, 5) is 46.7. The van der Waals surface area contributed by atoms with Crippen molar-refractivity contribution in [1.29, 1.82) is 0 Å². The van der Waals surface area contributed by atoms with Crippen molar-refractivity contribution in [2.75, 3.05) is 31.7 Å². The predicted octanol–water partition coefficient (Wildman–Crippen LogP) is 3.81. The van der Waals surface area contributed by atoms with Crippen molar-refractivity contribution in [1.82, 2.24) is 15.7 Å². The summed E-state index contributed by atoms with van der Waals surface area (Å²) in [5, 5.41) is 3.00. The normalized spacial score (nSPS) is 25.3. The molecule has 0 saturated carbocycles. The molecule has 2 rings (SSSR count). The predicted molar refractivity (Wildman–Crippen MR) is 139 cm³/mol. The van der Waals surface area contributed by atoms with E-state index in [2.05, 4.69) is 29.2 Å². The number of nitrogens with one attached hydrogen (secondary N) is 2. The summed E-state index contributed by atoms with van der Waals surface area (Å²) in [5.41, 5.74) is 2.47. The second kappa shape index (κ2) is 17.0. The van der Waals surface area contributed by atoms with Crippen LogP contribution in [-0.2, 0) is 24.0 Å². The summed E-state index contributed by atoms with van der Waals surface area (Å²) in [6.07, 6.45) is 13.7. The molecule has 0 spiro atoms. The maximum Gasteiger partial charge on any atom is 0.245 e. The lowest BCUT2D eigenvalue weighted by Gasteiger charge is -2.31. The van der Waals surface area contributed by atoms with Crippen LogP contribution in [0.15, 0.2) is 12.2 Å². The average molecular weight is 512 g/mol. The minimum atomic E-state index is -0.604. The van der Waals surface area contributed by atoms with E-state index in [1.807, 2.05) is 18.7 Å². The van der Waals surface area contributed by atoms with Crippen LogP contribution in [0.25, 0.3) is 0 Å². The first kappa shape index (κ1) is 29.6. The van der Waals surface area contributed by atoms with Crippen LogP contribution in [0.2, 0.25) is 0 Å². The Balaban J connectivity index is 2.07. The van der Waals surface area contributed by atoms with Gasteiger partial charge in [0.2, 0.25) is 17.7 Å². The van der Waals surface area contributed by atoms with E-state index < -0.39 is 18.2 Å². The fraction of sp³-hybridized carbons (Fsp3) is 0.808. The van der Waals surface area contributed by atoms with Crippen LogP contribution in [-0.4, -0.2) is 66.7 Å². The van der Waals surface area contributed by atoms with Gasteiger partial charge in [-0.1, -0.05) is 26.0 Å². The van der Waals surface area contributed by atoms with Crippen LogP contribution < -0.4 is 10.8 Å². The summed E-state index contributed by atoms with van der Waals surface area (Å²) < 4.78 is 5.48. The van der Waals surface area contributed by atoms with Crippen molar-refractivity contribution < 1.29 is 24.0 Å². The molecule has 2 N–H and O–H groups in total. The molecule has 0 bridgehead atoms. The second-order valence-electron chi connectivity index (χ2n) is 9.79. The Labute approximate surface area is 215 Å². The molecule has 0 aromatic rings. The molecule has 9 heteroatoms. The molecule has 0 aliphatic carbocycles. The molecule has 0 aromatic carbocycles. The second-order valence-corrected chi connectivity index (χ2v) is 10.8. The molecule has 0 radical (unpaired) electrons. The van der Waals surface area contributed by atoms with Gasteiger partial charge >= 0.3 is 0 Å². The molecule has 0 aromatic heterocycles. The summed E-state index contributed by atoms with van der Waals surface area (Å²) in [7, 11) is 0. The number of ether oxygens (including phenoxy) is 1. The van der Waals surface area contributed by atoms with E-state index in [1.165, 1.54) is 0 Å². The lowest BCUT2D eigenvalue weighted by molar-refractivity contribution is -0.200. The number of carbonyl (C=O) groups excluding carboxylic acids is 3. The molecule has 1 saturated heterocycles. The van der Waals surface area contributed by atoms with Gasteiger partial charge in [0.1, 0.15) is 6.04 Å². The van der Waals surface area contributed by atoms with E-state index in [9.17, 15) is 14.4 Å². The topological polar surface area (TPSA) is 97.0 Å². The Morgan fingerprint density at radius 3 is 2.66 bits per heavy atom. The number of amides is 3. The van der Waals surface area contributed by atoms with Crippen molar-refractivity contribution in [3.63, 3.8) is 0 Å². The van der Waals surface area contributed by atoms with Crippen LogP contribution >= 0.6 is 11.8 Å². The summed E-state index contributed by atoms with van der Waals surface area (Å²) in [6, 6.07) is -0.604. The number of hydroxylamine groups is 1. The fourth-order valence-electron chi connectivity index (χ4n) is 4.36. The third-order valence-electron chi connectivity index (χ3n) is 6.45. The number of thioether (sulfide) groups is 1. The van der Waals surface area contributed by atoms with E-state index in [-0.39, 0.29) is 30.1 Å². The van der Waals surface area contributed by atoms with Crippen LogP contribution in [0, 0.1) is 11.8 Å². The Morgan fingerprint density at radius 1 is 1.20 bits per heavy atom. The monoisotopic (exact) mass is 511 g/mol. The molecule has 2 aliphatic rings. The third kappa shape index (κ3) is 11.3. The van der Waals surface area contributed by atoms with Crippen LogP contribution in [0.3, 0.4) is 0 Å². The highest BCUT2D eigenvalue weighted by Crippen LogP contribution is 2.18. The Morgan fingerprint density at radius 2 is 1.97 bits per heavy atom. The first-order valence-corrected chi connectivity index (χ1v) is 14.6. The average Bonchev–Trinajstić information content (AvgIpc) is 2.85. The molecule has 3 atom stereocenters. The molecule has 2 aliphatic heterocycles. The van der Waals surface area contributed by atoms with E-state index >= 15 is 0 Å². The number of hydrogen-bond acceptors (Lipinski definition) is 6. The number of carbonyl (C=O) groups is 3. The maximum absolute atomic E-state index is 13.5. The number of rotatable bonds is 9. The maximum atomic E-state index is 13.5. The largest absolute Gasteiger partial charge is 0.350 e. The van der Waals surface area contributed by atoms with Crippen molar-refractivity contribution >= 4 is 29.5 Å². The zero-order valence-corrected chi connectivity index (χ0v) is 22.6. The van der Waals surface area contributed by atoms with Gasteiger partial charge in [-0.05, 0) is 69.3 Å². The highest BCUT2D eigenvalue weighted by molar-refractivity contribution is 7.98. The molecular weight excluding hydrogens is 466 g/mol. The SMILES string of the molecule is CSCCCN1CCCC=CCCCC(CC(=O)NO[C@H]2CCCCO2)C(=O)NC(C(C)C)C1=O. The first-order chi connectivity index (χ1) is 16.9. The van der Waals surface area contributed by atoms with Gasteiger partial charge in [0.05, 0.1) is 0 Å². The van der Waals surface area contributed by atoms with Gasteiger partial charge in [0.25, 0.3) is 0 Å². The van der Waals surface area contributed by atoms with Gasteiger partial charge in [-0.2, -0.15) is 11.8 Å². The van der Waals surface area contributed by atoms with Gasteiger partial charge in [-0.25, -0.2) is 10.3 Å². The highest BCUT2D eigenvalue weighted by Gasteiger charge is 2.31. The Bertz CT molecular complexity index is 682. The quantitative estimate of drug-likeness (QED) is 0.278. The lowest BCUT2D eigenvalue weighted by Crippen LogP contribution is -2.53. The zero-order valence-electron chi connectivity index (χ0n) is 21.8. The number of nitrogens with zero attached hydrogens (tertiary/aromatic N) is 1. The van der Waals surface area contributed by atoms with Gasteiger partial charge in [0, 0.05) is 38.5 Å². The molecular formula is C26H45N3O5S. The zero-order chi connectivity index (χ0) is 25.5. The van der Waals surface area contributed by atoms with Gasteiger partial charge < -0.3 is 15.0 Å². The van der Waals surface area contributed by atoms with E-state index in [0.29, 0.717) is 26.1 Å². The first-order valence-electron chi connectivity index (χ1n) is 13.2. The number of hydrogen-bond donors (Lipinski definition) is 2. The molecule has 1 fully saturated rings. The molecule has 8 nitrogen and oxygen atoms in total. The Kier molecular flexibility index (Phi) is 14.4. The molecule has 200 valence electrons. The standard InChI is InChI=1S/C26H45N3O5S/c1-20(2)24-26(32)29(16-12-18-35-3)15-10-7-5-4-6-8-13-21(25(31)27-24)19-22(30)28-34-23-14-9-11-17-33-23/h4-5,20-21,23-24H,6-19H2,1-3H3,(H,27,31)(H,28,30)/t21?,23-,24?/m0/s1. The molecule has 2 unspecified atom stereocenters. The van der Waals surface area contributed by atoms with Crippen molar-refractivity contribution in [3.05, 3.63) is 12.2 Å². The van der Waals surface area contributed by atoms with Crippen LogP contribution in [0.4, 0.5) is 0 Å². The highest BCUT2D eigenvalue weighted by atomic mass is 32.2. The molecule has 3 amide bonds. The molecule has 2 heterocycles. The smallest absolute Gasteiger partial charge is 0.245 e. The van der Waals surface area contributed by atoms with Crippen LogP contribution in [0.5, 0.6) is 0 Å². The van der Waals surface area contributed by atoms with Crippen molar-refractivity contribution in [3.8, 4) is 0 Å². The van der Waals surface area contributed by atoms with E-state index in [1.54, 1.807) is 11.8 Å². The summed E-state index contributed by atoms with van der Waals surface area (Å²) >= 11 is 1.77. The molecule has 35 heavy (non-hydrogen) atoms. The van der Waals surface area contributed by atoms with E-state index in [0.717, 1.165) is 57.1 Å². The van der Waals surface area contributed by atoms with Gasteiger partial charge in [-0.3, -0.25) is 14.4 Å². The summed E-state index contributed by atoms with van der Waals surface area (Å²) in [5.74, 6) is -0.206. The fourth-order valence-corrected chi connectivity index (χ4v) is 4.78. The van der Waals surface area contributed by atoms with Crippen molar-refractivity contribution in [2.24, 2.45) is 11.8 Å². The minimum absolute atomic E-state index is 0.0126. The van der Waals surface area contributed by atoms with Gasteiger partial charge in [-0.15, -0.1) is 0 Å².